The second-order valence-corrected chi connectivity index (χ2v) is 6.21. The Morgan fingerprint density at radius 1 is 1.25 bits per heavy atom. The van der Waals surface area contributed by atoms with Crippen molar-refractivity contribution in [3.05, 3.63) is 53.9 Å². The maximum atomic E-state index is 12.3. The van der Waals surface area contributed by atoms with Crippen molar-refractivity contribution in [1.82, 2.24) is 9.71 Å². The Hall–Kier alpha value is -1.92. The highest BCUT2D eigenvalue weighted by Crippen LogP contribution is 2.21. The number of aryl methyl sites for hydroxylation is 1. The van der Waals surface area contributed by atoms with Gasteiger partial charge < -0.3 is 5.73 Å². The lowest BCUT2D eigenvalue weighted by Crippen LogP contribution is -2.27. The van der Waals surface area contributed by atoms with E-state index in [0.29, 0.717) is 18.5 Å². The van der Waals surface area contributed by atoms with Crippen LogP contribution in [0.4, 0.5) is 5.69 Å². The molecule has 6 heteroatoms. The molecule has 1 heterocycles. The molecule has 20 heavy (non-hydrogen) atoms. The van der Waals surface area contributed by atoms with Gasteiger partial charge in [0.15, 0.2) is 0 Å². The number of rotatable bonds is 5. The molecule has 3 N–H and O–H groups in total. The van der Waals surface area contributed by atoms with Gasteiger partial charge in [0.1, 0.15) is 4.90 Å². The Labute approximate surface area is 118 Å². The van der Waals surface area contributed by atoms with Crippen LogP contribution in [0, 0.1) is 6.92 Å². The quantitative estimate of drug-likeness (QED) is 0.817. The molecule has 0 spiro atoms. The number of anilines is 1. The zero-order valence-corrected chi connectivity index (χ0v) is 12.0. The van der Waals surface area contributed by atoms with Crippen molar-refractivity contribution in [1.29, 1.82) is 0 Å². The average molecular weight is 291 g/mol. The second kappa shape index (κ2) is 6.02. The standard InChI is InChI=1S/C14H17N3O2S/c1-11-4-2-6-13(15)14(11)20(18,19)17-9-7-12-5-3-8-16-10-12/h2-6,8,10,17H,7,9,15H2,1H3. The molecule has 0 amide bonds. The largest absolute Gasteiger partial charge is 0.398 e. The molecule has 0 atom stereocenters. The van der Waals surface area contributed by atoms with Gasteiger partial charge in [0.05, 0.1) is 5.69 Å². The summed E-state index contributed by atoms with van der Waals surface area (Å²) in [7, 11) is -3.59. The lowest BCUT2D eigenvalue weighted by atomic mass is 10.2. The minimum absolute atomic E-state index is 0.159. The third kappa shape index (κ3) is 3.34. The highest BCUT2D eigenvalue weighted by Gasteiger charge is 2.19. The first kappa shape index (κ1) is 14.5. The number of sulfonamides is 1. The number of nitrogens with one attached hydrogen (secondary N) is 1. The summed E-state index contributed by atoms with van der Waals surface area (Å²) in [5, 5.41) is 0. The lowest BCUT2D eigenvalue weighted by Gasteiger charge is -2.11. The third-order valence-corrected chi connectivity index (χ3v) is 4.62. The van der Waals surface area contributed by atoms with Crippen LogP contribution in [0.3, 0.4) is 0 Å². The van der Waals surface area contributed by atoms with E-state index in [1.54, 1.807) is 37.5 Å². The fraction of sp³-hybridized carbons (Fsp3) is 0.214. The van der Waals surface area contributed by atoms with Gasteiger partial charge in [0.25, 0.3) is 0 Å². The van der Waals surface area contributed by atoms with Crippen LogP contribution in [-0.4, -0.2) is 19.9 Å². The van der Waals surface area contributed by atoms with E-state index in [0.717, 1.165) is 5.56 Å². The Kier molecular flexibility index (Phi) is 4.36. The van der Waals surface area contributed by atoms with Crippen LogP contribution in [0.2, 0.25) is 0 Å². The monoisotopic (exact) mass is 291 g/mol. The predicted octanol–water partition coefficient (Wildman–Crippen LogP) is 1.49. The highest BCUT2D eigenvalue weighted by molar-refractivity contribution is 7.89. The highest BCUT2D eigenvalue weighted by atomic mass is 32.2. The van der Waals surface area contributed by atoms with Crippen molar-refractivity contribution in [3.63, 3.8) is 0 Å². The molecule has 0 aliphatic rings. The minimum Gasteiger partial charge on any atom is -0.398 e. The van der Waals surface area contributed by atoms with Gasteiger partial charge in [0.2, 0.25) is 10.0 Å². The molecule has 106 valence electrons. The van der Waals surface area contributed by atoms with E-state index in [1.165, 1.54) is 0 Å². The van der Waals surface area contributed by atoms with Crippen LogP contribution in [0.5, 0.6) is 0 Å². The van der Waals surface area contributed by atoms with Gasteiger partial charge >= 0.3 is 0 Å². The Morgan fingerprint density at radius 3 is 2.70 bits per heavy atom. The predicted molar refractivity (Wildman–Crippen MR) is 78.7 cm³/mol. The summed E-state index contributed by atoms with van der Waals surface area (Å²) in [5.74, 6) is 0. The number of pyridine rings is 1. The zero-order chi connectivity index (χ0) is 14.6. The van der Waals surface area contributed by atoms with E-state index in [2.05, 4.69) is 9.71 Å². The summed E-state index contributed by atoms with van der Waals surface area (Å²) >= 11 is 0. The number of nitrogens with zero attached hydrogens (tertiary/aromatic N) is 1. The lowest BCUT2D eigenvalue weighted by molar-refractivity contribution is 0.581. The van der Waals surface area contributed by atoms with E-state index in [9.17, 15) is 8.42 Å². The first-order chi connectivity index (χ1) is 9.50. The number of hydrogen-bond acceptors (Lipinski definition) is 4. The van der Waals surface area contributed by atoms with Gasteiger partial charge in [-0.2, -0.15) is 0 Å². The van der Waals surface area contributed by atoms with Gasteiger partial charge in [-0.1, -0.05) is 18.2 Å². The first-order valence-electron chi connectivity index (χ1n) is 6.24. The molecule has 1 aromatic heterocycles. The molecule has 0 aliphatic carbocycles. The molecule has 2 rings (SSSR count). The Morgan fingerprint density at radius 2 is 2.05 bits per heavy atom. The van der Waals surface area contributed by atoms with Crippen molar-refractivity contribution in [2.45, 2.75) is 18.2 Å². The van der Waals surface area contributed by atoms with Gasteiger partial charge in [-0.15, -0.1) is 0 Å². The fourth-order valence-corrected chi connectivity index (χ4v) is 3.38. The molecule has 2 aromatic rings. The number of aromatic nitrogens is 1. The van der Waals surface area contributed by atoms with Gasteiger partial charge in [-0.05, 0) is 36.6 Å². The molecule has 1 aromatic carbocycles. The molecule has 0 saturated carbocycles. The molecule has 0 radical (unpaired) electrons. The van der Waals surface area contributed by atoms with Gasteiger partial charge in [-0.3, -0.25) is 4.98 Å². The minimum atomic E-state index is -3.59. The van der Waals surface area contributed by atoms with Crippen LogP contribution in [0.1, 0.15) is 11.1 Å². The number of nitrogen functional groups attached to an aromatic ring is 1. The van der Waals surface area contributed by atoms with Crippen molar-refractivity contribution in [2.24, 2.45) is 0 Å². The van der Waals surface area contributed by atoms with E-state index < -0.39 is 10.0 Å². The summed E-state index contributed by atoms with van der Waals surface area (Å²) < 4.78 is 27.1. The first-order valence-corrected chi connectivity index (χ1v) is 7.72. The Balaban J connectivity index is 2.09. The molecule has 0 saturated heterocycles. The number of hydrogen-bond donors (Lipinski definition) is 2. The number of nitrogens with two attached hydrogens (primary N) is 1. The summed E-state index contributed by atoms with van der Waals surface area (Å²) in [4.78, 5) is 4.15. The van der Waals surface area contributed by atoms with Crippen molar-refractivity contribution in [3.8, 4) is 0 Å². The third-order valence-electron chi connectivity index (χ3n) is 2.94. The maximum absolute atomic E-state index is 12.3. The summed E-state index contributed by atoms with van der Waals surface area (Å²) in [5.41, 5.74) is 7.64. The zero-order valence-electron chi connectivity index (χ0n) is 11.2. The number of benzene rings is 1. The van der Waals surface area contributed by atoms with E-state index >= 15 is 0 Å². The van der Waals surface area contributed by atoms with Crippen molar-refractivity contribution < 1.29 is 8.42 Å². The summed E-state index contributed by atoms with van der Waals surface area (Å²) in [6.07, 6.45) is 3.98. The summed E-state index contributed by atoms with van der Waals surface area (Å²) in [6, 6.07) is 8.78. The van der Waals surface area contributed by atoms with Crippen LogP contribution in [0.15, 0.2) is 47.6 Å². The van der Waals surface area contributed by atoms with Crippen LogP contribution in [0.25, 0.3) is 0 Å². The second-order valence-electron chi connectivity index (χ2n) is 4.50. The SMILES string of the molecule is Cc1cccc(N)c1S(=O)(=O)NCCc1cccnc1. The molecule has 0 aliphatic heterocycles. The van der Waals surface area contributed by atoms with E-state index in [-0.39, 0.29) is 10.6 Å². The average Bonchev–Trinajstić information content (AvgIpc) is 2.39. The van der Waals surface area contributed by atoms with E-state index in [1.807, 2.05) is 12.1 Å². The van der Waals surface area contributed by atoms with Crippen molar-refractivity contribution in [2.75, 3.05) is 12.3 Å². The molecule has 0 fully saturated rings. The van der Waals surface area contributed by atoms with Crippen LogP contribution < -0.4 is 10.5 Å². The molecule has 0 bridgehead atoms. The Bertz CT molecular complexity index is 665. The fourth-order valence-electron chi connectivity index (χ4n) is 1.99. The molecule has 0 unspecified atom stereocenters. The van der Waals surface area contributed by atoms with Gasteiger partial charge in [0, 0.05) is 18.9 Å². The smallest absolute Gasteiger partial charge is 0.242 e. The topological polar surface area (TPSA) is 85.1 Å². The van der Waals surface area contributed by atoms with Crippen molar-refractivity contribution >= 4 is 15.7 Å². The van der Waals surface area contributed by atoms with Crippen LogP contribution >= 0.6 is 0 Å². The molecular weight excluding hydrogens is 274 g/mol. The molecule has 5 nitrogen and oxygen atoms in total. The molecular formula is C14H17N3O2S. The normalized spacial score (nSPS) is 11.4. The maximum Gasteiger partial charge on any atom is 0.242 e. The van der Waals surface area contributed by atoms with Gasteiger partial charge in [-0.25, -0.2) is 13.1 Å². The summed E-state index contributed by atoms with van der Waals surface area (Å²) in [6.45, 7) is 2.04. The van der Waals surface area contributed by atoms with E-state index in [4.69, 9.17) is 5.73 Å². The van der Waals surface area contributed by atoms with Crippen LogP contribution in [-0.2, 0) is 16.4 Å².